The molecule has 0 aliphatic carbocycles. The molecular formula is C10H12OS. The Morgan fingerprint density at radius 1 is 1.33 bits per heavy atom. The normalized spacial score (nSPS) is 12.5. The van der Waals surface area contributed by atoms with E-state index in [4.69, 9.17) is 6.42 Å². The number of carbonyl (C=O) groups excluding carboxylic acids is 1. The topological polar surface area (TPSA) is 17.1 Å². The molecule has 0 saturated heterocycles. The maximum absolute atomic E-state index is 10.6. The van der Waals surface area contributed by atoms with E-state index < -0.39 is 0 Å². The predicted molar refractivity (Wildman–Crippen MR) is 54.6 cm³/mol. The van der Waals surface area contributed by atoms with E-state index in [0.717, 1.165) is 10.5 Å². The molecule has 0 radical (unpaired) electrons. The first-order valence-corrected chi connectivity index (χ1v) is 4.38. The van der Waals surface area contributed by atoms with Crippen LogP contribution < -0.4 is 0 Å². The van der Waals surface area contributed by atoms with Gasteiger partial charge in [-0.05, 0) is 24.3 Å². The van der Waals surface area contributed by atoms with Gasteiger partial charge in [0.1, 0.15) is 0 Å². The van der Waals surface area contributed by atoms with Gasteiger partial charge >= 0.3 is 0 Å². The summed E-state index contributed by atoms with van der Waals surface area (Å²) < 4.78 is 0. The van der Waals surface area contributed by atoms with Crippen LogP contribution in [0.1, 0.15) is 20.8 Å². The van der Waals surface area contributed by atoms with E-state index in [2.05, 4.69) is 5.92 Å². The molecule has 0 bridgehead atoms. The van der Waals surface area contributed by atoms with Crippen LogP contribution in [0.5, 0.6) is 0 Å². The van der Waals surface area contributed by atoms with Crippen molar-refractivity contribution in [2.75, 3.05) is 0 Å². The van der Waals surface area contributed by atoms with E-state index in [1.807, 2.05) is 26.0 Å². The molecule has 0 aromatic heterocycles. The number of terminal acetylenes is 1. The van der Waals surface area contributed by atoms with Gasteiger partial charge in [-0.1, -0.05) is 29.8 Å². The minimum Gasteiger partial charge on any atom is -0.287 e. The molecule has 0 aliphatic rings. The van der Waals surface area contributed by atoms with Gasteiger partial charge in [-0.15, -0.1) is 6.42 Å². The van der Waals surface area contributed by atoms with Crippen LogP contribution >= 0.6 is 11.8 Å². The van der Waals surface area contributed by atoms with Crippen molar-refractivity contribution >= 4 is 16.9 Å². The fraction of sp³-hybridized carbons (Fsp3) is 0.300. The van der Waals surface area contributed by atoms with E-state index in [0.29, 0.717) is 0 Å². The van der Waals surface area contributed by atoms with Crippen molar-refractivity contribution in [1.29, 1.82) is 0 Å². The van der Waals surface area contributed by atoms with E-state index in [1.165, 1.54) is 11.8 Å². The molecule has 0 aromatic rings. The molecule has 12 heavy (non-hydrogen) atoms. The second-order valence-corrected chi connectivity index (χ2v) is 3.79. The summed E-state index contributed by atoms with van der Waals surface area (Å²) in [6.07, 6.45) is 8.81. The lowest BCUT2D eigenvalue weighted by atomic mass is 10.3. The van der Waals surface area contributed by atoms with Crippen molar-refractivity contribution < 1.29 is 4.79 Å². The highest BCUT2D eigenvalue weighted by Crippen LogP contribution is 2.15. The average Bonchev–Trinajstić information content (AvgIpc) is 1.99. The molecule has 0 saturated carbocycles. The zero-order valence-electron chi connectivity index (χ0n) is 7.55. The standard InChI is InChI=1S/C10H12OS/c1-5-8(2)6-7-9(3)12-10(4)11/h1,6-7H,2-4H3. The maximum atomic E-state index is 10.6. The Morgan fingerprint density at radius 3 is 2.33 bits per heavy atom. The Labute approximate surface area is 77.9 Å². The van der Waals surface area contributed by atoms with Gasteiger partial charge in [-0.2, -0.15) is 0 Å². The Kier molecular flexibility index (Phi) is 5.23. The number of hydrogen-bond acceptors (Lipinski definition) is 2. The summed E-state index contributed by atoms with van der Waals surface area (Å²) in [6, 6.07) is 0. The second-order valence-electron chi connectivity index (χ2n) is 2.36. The second kappa shape index (κ2) is 5.68. The van der Waals surface area contributed by atoms with Gasteiger partial charge in [0.2, 0.25) is 0 Å². The SMILES string of the molecule is C#CC(C)=CC=C(C)SC(C)=O. The minimum absolute atomic E-state index is 0.0931. The van der Waals surface area contributed by atoms with Crippen LogP contribution in [0, 0.1) is 12.3 Å². The average molecular weight is 180 g/mol. The maximum Gasteiger partial charge on any atom is 0.190 e. The highest BCUT2D eigenvalue weighted by Gasteiger charge is 1.93. The molecule has 0 heterocycles. The van der Waals surface area contributed by atoms with Gasteiger partial charge in [0.15, 0.2) is 5.12 Å². The Hall–Kier alpha value is -0.940. The fourth-order valence-electron chi connectivity index (χ4n) is 0.551. The van der Waals surface area contributed by atoms with Crippen LogP contribution in [0.3, 0.4) is 0 Å². The van der Waals surface area contributed by atoms with E-state index in [1.54, 1.807) is 6.92 Å². The third-order valence-electron chi connectivity index (χ3n) is 1.10. The van der Waals surface area contributed by atoms with Crippen molar-refractivity contribution in [3.8, 4) is 12.3 Å². The zero-order chi connectivity index (χ0) is 9.56. The third-order valence-corrected chi connectivity index (χ3v) is 1.85. The summed E-state index contributed by atoms with van der Waals surface area (Å²) in [5.41, 5.74) is 0.860. The first-order valence-electron chi connectivity index (χ1n) is 3.56. The summed E-state index contributed by atoms with van der Waals surface area (Å²) in [6.45, 7) is 5.27. The van der Waals surface area contributed by atoms with Crippen molar-refractivity contribution in [3.63, 3.8) is 0 Å². The summed E-state index contributed by atoms with van der Waals surface area (Å²) in [5.74, 6) is 2.50. The molecule has 0 aromatic carbocycles. The van der Waals surface area contributed by atoms with Crippen LogP contribution in [0.15, 0.2) is 22.6 Å². The van der Waals surface area contributed by atoms with Crippen LogP contribution in [0.25, 0.3) is 0 Å². The Morgan fingerprint density at radius 2 is 1.92 bits per heavy atom. The van der Waals surface area contributed by atoms with Crippen molar-refractivity contribution in [2.45, 2.75) is 20.8 Å². The molecule has 0 aliphatic heterocycles. The van der Waals surface area contributed by atoms with Crippen molar-refractivity contribution in [2.24, 2.45) is 0 Å². The number of rotatable bonds is 2. The highest BCUT2D eigenvalue weighted by atomic mass is 32.2. The van der Waals surface area contributed by atoms with Crippen LogP contribution in [0.2, 0.25) is 0 Å². The first kappa shape index (κ1) is 11.1. The van der Waals surface area contributed by atoms with Gasteiger partial charge in [0.25, 0.3) is 0 Å². The molecule has 0 rings (SSSR count). The van der Waals surface area contributed by atoms with Crippen LogP contribution in [-0.2, 0) is 4.79 Å². The summed E-state index contributed by atoms with van der Waals surface area (Å²) in [7, 11) is 0. The van der Waals surface area contributed by atoms with E-state index in [-0.39, 0.29) is 5.12 Å². The minimum atomic E-state index is 0.0931. The number of hydrogen-bond donors (Lipinski definition) is 0. The molecule has 2 heteroatoms. The molecule has 0 amide bonds. The lowest BCUT2D eigenvalue weighted by Crippen LogP contribution is -1.79. The van der Waals surface area contributed by atoms with Crippen molar-refractivity contribution in [1.82, 2.24) is 0 Å². The fourth-order valence-corrected chi connectivity index (χ4v) is 1.14. The molecule has 0 N–H and O–H groups in total. The number of carbonyl (C=O) groups is 1. The lowest BCUT2D eigenvalue weighted by molar-refractivity contribution is -0.109. The lowest BCUT2D eigenvalue weighted by Gasteiger charge is -1.92. The molecule has 0 atom stereocenters. The monoisotopic (exact) mass is 180 g/mol. The van der Waals surface area contributed by atoms with Crippen LogP contribution in [-0.4, -0.2) is 5.12 Å². The summed E-state index contributed by atoms with van der Waals surface area (Å²) in [4.78, 5) is 11.6. The van der Waals surface area contributed by atoms with E-state index >= 15 is 0 Å². The zero-order valence-corrected chi connectivity index (χ0v) is 8.37. The Balaban J connectivity index is 4.20. The predicted octanol–water partition coefficient (Wildman–Crippen LogP) is 2.75. The summed E-state index contributed by atoms with van der Waals surface area (Å²) in [5, 5.41) is 0.0931. The molecule has 0 fully saturated rings. The van der Waals surface area contributed by atoms with Gasteiger partial charge in [0, 0.05) is 6.92 Å². The van der Waals surface area contributed by atoms with Crippen LogP contribution in [0.4, 0.5) is 0 Å². The third kappa shape index (κ3) is 5.82. The highest BCUT2D eigenvalue weighted by molar-refractivity contribution is 8.16. The van der Waals surface area contributed by atoms with Gasteiger partial charge in [0.05, 0.1) is 0 Å². The van der Waals surface area contributed by atoms with Crippen molar-refractivity contribution in [3.05, 3.63) is 22.6 Å². The molecule has 64 valence electrons. The van der Waals surface area contributed by atoms with E-state index in [9.17, 15) is 4.79 Å². The number of allylic oxidation sites excluding steroid dienone is 4. The van der Waals surface area contributed by atoms with Gasteiger partial charge in [-0.3, -0.25) is 4.79 Å². The molecular weight excluding hydrogens is 168 g/mol. The molecule has 0 unspecified atom stereocenters. The quantitative estimate of drug-likeness (QED) is 0.480. The first-order chi connectivity index (χ1) is 5.56. The summed E-state index contributed by atoms with van der Waals surface area (Å²) >= 11 is 1.22. The molecule has 0 spiro atoms. The number of thioether (sulfide) groups is 1. The van der Waals surface area contributed by atoms with Gasteiger partial charge in [-0.25, -0.2) is 0 Å². The Bertz CT molecular complexity index is 266. The molecule has 1 nitrogen and oxygen atoms in total. The van der Waals surface area contributed by atoms with Gasteiger partial charge < -0.3 is 0 Å². The smallest absolute Gasteiger partial charge is 0.190 e. The largest absolute Gasteiger partial charge is 0.287 e.